The number of rotatable bonds is 2. The predicted octanol–water partition coefficient (Wildman–Crippen LogP) is -2.22. The number of nitrogens with zero attached hydrogens (tertiary/aromatic N) is 2. The van der Waals surface area contributed by atoms with Gasteiger partial charge < -0.3 is 30.7 Å². The van der Waals surface area contributed by atoms with Gasteiger partial charge in [0.05, 0.1) is 19.6 Å². The van der Waals surface area contributed by atoms with Crippen molar-refractivity contribution in [2.75, 3.05) is 18.6 Å². The summed E-state index contributed by atoms with van der Waals surface area (Å²) in [7, 11) is 0. The number of ether oxygens (including phenoxy) is 1. The summed E-state index contributed by atoms with van der Waals surface area (Å²) < 4.78 is 7.03. The topological polar surface area (TPSA) is 129 Å². The van der Waals surface area contributed by atoms with Crippen molar-refractivity contribution in [2.24, 2.45) is 0 Å². The van der Waals surface area contributed by atoms with Crippen LogP contribution >= 0.6 is 0 Å². The molecule has 1 aromatic rings. The molecule has 0 saturated carbocycles. The standard InChI is InChI=1S/C11H16N4O5/c1-11(8(18)7(17)5(2-16)20-11)15-4-14-6-9(15)12-3-13-10(6)19/h4-5,7-8,12,16-18H,2-3H2,1H3,(H,13,19)/t5-,7?,8+,11-/m1/s1. The van der Waals surface area contributed by atoms with E-state index in [9.17, 15) is 15.0 Å². The minimum absolute atomic E-state index is 0.190. The molecule has 1 unspecified atom stereocenters. The fourth-order valence-corrected chi connectivity index (χ4v) is 2.62. The molecule has 0 bridgehead atoms. The van der Waals surface area contributed by atoms with Gasteiger partial charge in [0.2, 0.25) is 0 Å². The molecule has 1 fully saturated rings. The summed E-state index contributed by atoms with van der Waals surface area (Å²) >= 11 is 0. The van der Waals surface area contributed by atoms with Crippen molar-refractivity contribution in [3.8, 4) is 0 Å². The average Bonchev–Trinajstić information content (AvgIpc) is 2.96. The minimum atomic E-state index is -1.32. The van der Waals surface area contributed by atoms with Gasteiger partial charge in [-0.05, 0) is 6.92 Å². The van der Waals surface area contributed by atoms with E-state index < -0.39 is 30.6 Å². The van der Waals surface area contributed by atoms with E-state index in [1.807, 2.05) is 0 Å². The largest absolute Gasteiger partial charge is 0.394 e. The lowest BCUT2D eigenvalue weighted by Crippen LogP contribution is -2.44. The highest BCUT2D eigenvalue weighted by atomic mass is 16.6. The molecule has 1 aromatic heterocycles. The van der Waals surface area contributed by atoms with Crippen LogP contribution in [0.15, 0.2) is 6.33 Å². The maximum absolute atomic E-state index is 11.7. The molecule has 3 heterocycles. The van der Waals surface area contributed by atoms with Gasteiger partial charge in [-0.25, -0.2) is 4.98 Å². The van der Waals surface area contributed by atoms with Gasteiger partial charge in [0.25, 0.3) is 5.91 Å². The maximum atomic E-state index is 11.7. The van der Waals surface area contributed by atoms with Crippen LogP contribution in [-0.2, 0) is 10.5 Å². The van der Waals surface area contributed by atoms with Gasteiger partial charge in [0.15, 0.2) is 11.4 Å². The van der Waals surface area contributed by atoms with Gasteiger partial charge in [-0.3, -0.25) is 9.36 Å². The second-order valence-electron chi connectivity index (χ2n) is 5.00. The molecule has 9 nitrogen and oxygen atoms in total. The van der Waals surface area contributed by atoms with Crippen LogP contribution in [0.2, 0.25) is 0 Å². The number of carbonyl (C=O) groups excluding carboxylic acids is 1. The third-order valence-electron chi connectivity index (χ3n) is 3.79. The first-order chi connectivity index (χ1) is 9.49. The Labute approximate surface area is 114 Å². The first-order valence-electron chi connectivity index (χ1n) is 6.23. The molecule has 5 N–H and O–H groups in total. The number of nitrogens with one attached hydrogen (secondary N) is 2. The van der Waals surface area contributed by atoms with Crippen molar-refractivity contribution in [2.45, 2.75) is 31.0 Å². The normalized spacial score (nSPS) is 36.4. The van der Waals surface area contributed by atoms with E-state index in [1.54, 1.807) is 6.92 Å². The number of carbonyl (C=O) groups is 1. The van der Waals surface area contributed by atoms with Crippen LogP contribution in [0.1, 0.15) is 17.4 Å². The molecule has 0 radical (unpaired) electrons. The van der Waals surface area contributed by atoms with Crippen LogP contribution in [0.25, 0.3) is 0 Å². The predicted molar refractivity (Wildman–Crippen MR) is 65.8 cm³/mol. The molecule has 0 aromatic carbocycles. The minimum Gasteiger partial charge on any atom is -0.394 e. The summed E-state index contributed by atoms with van der Waals surface area (Å²) in [5.41, 5.74) is -1.13. The molecular weight excluding hydrogens is 268 g/mol. The monoisotopic (exact) mass is 284 g/mol. The molecule has 110 valence electrons. The Morgan fingerprint density at radius 2 is 2.30 bits per heavy atom. The Hall–Kier alpha value is -1.68. The fourth-order valence-electron chi connectivity index (χ4n) is 2.62. The fraction of sp³-hybridized carbons (Fsp3) is 0.636. The van der Waals surface area contributed by atoms with E-state index in [1.165, 1.54) is 10.9 Å². The maximum Gasteiger partial charge on any atom is 0.275 e. The first kappa shape index (κ1) is 13.3. The molecular formula is C11H16N4O5. The molecule has 20 heavy (non-hydrogen) atoms. The van der Waals surface area contributed by atoms with Gasteiger partial charge in [0, 0.05) is 0 Å². The van der Waals surface area contributed by atoms with Crippen LogP contribution in [0, 0.1) is 0 Å². The smallest absolute Gasteiger partial charge is 0.275 e. The van der Waals surface area contributed by atoms with Crippen molar-refractivity contribution in [1.82, 2.24) is 14.9 Å². The number of anilines is 1. The number of aliphatic hydroxyl groups is 3. The second-order valence-corrected chi connectivity index (χ2v) is 5.00. The van der Waals surface area contributed by atoms with E-state index in [0.717, 1.165) is 0 Å². The van der Waals surface area contributed by atoms with Gasteiger partial charge in [-0.15, -0.1) is 0 Å². The number of aliphatic hydroxyl groups excluding tert-OH is 3. The quantitative estimate of drug-likeness (QED) is 0.416. The highest BCUT2D eigenvalue weighted by molar-refractivity contribution is 5.98. The van der Waals surface area contributed by atoms with E-state index >= 15 is 0 Å². The zero-order valence-electron chi connectivity index (χ0n) is 10.8. The van der Waals surface area contributed by atoms with Crippen molar-refractivity contribution in [3.63, 3.8) is 0 Å². The Morgan fingerprint density at radius 1 is 1.55 bits per heavy atom. The van der Waals surface area contributed by atoms with Crippen LogP contribution in [0.5, 0.6) is 0 Å². The zero-order chi connectivity index (χ0) is 14.5. The second kappa shape index (κ2) is 4.42. The molecule has 1 saturated heterocycles. The Balaban J connectivity index is 2.03. The summed E-state index contributed by atoms with van der Waals surface area (Å²) in [6.45, 7) is 1.38. The number of hydrogen-bond acceptors (Lipinski definition) is 7. The lowest BCUT2D eigenvalue weighted by Gasteiger charge is -2.31. The van der Waals surface area contributed by atoms with Crippen LogP contribution in [-0.4, -0.2) is 62.4 Å². The van der Waals surface area contributed by atoms with Crippen LogP contribution in [0.4, 0.5) is 5.82 Å². The summed E-state index contributed by atoms with van der Waals surface area (Å²) in [6, 6.07) is 0. The van der Waals surface area contributed by atoms with Crippen LogP contribution in [0.3, 0.4) is 0 Å². The Bertz CT molecular complexity index is 547. The molecule has 1 amide bonds. The van der Waals surface area contributed by atoms with Crippen molar-refractivity contribution in [3.05, 3.63) is 12.0 Å². The summed E-state index contributed by atoms with van der Waals surface area (Å²) in [5, 5.41) is 34.8. The SMILES string of the molecule is C[C@@]1(n2cnc3c2NCNC3=O)O[C@H](CO)C(O)[C@@H]1O. The molecule has 3 rings (SSSR count). The lowest BCUT2D eigenvalue weighted by molar-refractivity contribution is -0.133. The van der Waals surface area contributed by atoms with Crippen molar-refractivity contribution in [1.29, 1.82) is 0 Å². The summed E-state index contributed by atoms with van der Waals surface area (Å²) in [5.74, 6) is 0.0777. The third kappa shape index (κ3) is 1.64. The van der Waals surface area contributed by atoms with Crippen LogP contribution < -0.4 is 10.6 Å². The lowest BCUT2D eigenvalue weighted by atomic mass is 10.0. The highest BCUT2D eigenvalue weighted by Crippen LogP contribution is 2.38. The van der Waals surface area contributed by atoms with Gasteiger partial charge in [-0.1, -0.05) is 0 Å². The number of hydrogen-bond donors (Lipinski definition) is 5. The molecule has 2 aliphatic heterocycles. The van der Waals surface area contributed by atoms with Gasteiger partial charge in [0.1, 0.15) is 24.1 Å². The number of aromatic nitrogens is 2. The van der Waals surface area contributed by atoms with E-state index in [2.05, 4.69) is 15.6 Å². The molecule has 9 heteroatoms. The Kier molecular flexibility index (Phi) is 2.94. The van der Waals surface area contributed by atoms with E-state index in [4.69, 9.17) is 9.84 Å². The third-order valence-corrected chi connectivity index (χ3v) is 3.79. The molecule has 0 aliphatic carbocycles. The molecule has 4 atom stereocenters. The summed E-state index contributed by atoms with van der Waals surface area (Å²) in [6.07, 6.45) is -2.02. The van der Waals surface area contributed by atoms with E-state index in [-0.39, 0.29) is 18.3 Å². The average molecular weight is 284 g/mol. The van der Waals surface area contributed by atoms with E-state index in [0.29, 0.717) is 5.82 Å². The number of imidazole rings is 1. The first-order valence-corrected chi connectivity index (χ1v) is 6.23. The van der Waals surface area contributed by atoms with Crippen molar-refractivity contribution < 1.29 is 24.9 Å². The van der Waals surface area contributed by atoms with Gasteiger partial charge in [-0.2, -0.15) is 0 Å². The van der Waals surface area contributed by atoms with Gasteiger partial charge >= 0.3 is 0 Å². The number of fused-ring (bicyclic) bond motifs is 1. The molecule has 0 spiro atoms. The summed E-state index contributed by atoms with van der Waals surface area (Å²) in [4.78, 5) is 15.7. The highest BCUT2D eigenvalue weighted by Gasteiger charge is 2.53. The zero-order valence-corrected chi connectivity index (χ0v) is 10.8. The van der Waals surface area contributed by atoms with Crippen molar-refractivity contribution >= 4 is 11.7 Å². The Morgan fingerprint density at radius 3 is 2.95 bits per heavy atom. The number of amides is 1. The molecule has 2 aliphatic rings.